The van der Waals surface area contributed by atoms with Gasteiger partial charge in [0, 0.05) is 21.4 Å². The summed E-state index contributed by atoms with van der Waals surface area (Å²) in [5, 5.41) is 27.5. The molecule has 0 unspecified atom stereocenters. The number of rotatable bonds is 8. The zero-order valence-corrected chi connectivity index (χ0v) is 19.2. The van der Waals surface area contributed by atoms with Gasteiger partial charge in [-0.2, -0.15) is 5.10 Å². The van der Waals surface area contributed by atoms with Crippen LogP contribution in [0.3, 0.4) is 0 Å². The second kappa shape index (κ2) is 10.3. The molecule has 0 saturated heterocycles. The Kier molecular flexibility index (Phi) is 6.98. The molecular formula is C23H20N6O2S2. The molecule has 4 rings (SSSR count). The number of nitrogens with zero attached hydrogens (tertiary/aromatic N) is 3. The zero-order valence-electron chi connectivity index (χ0n) is 17.6. The molecule has 0 aliphatic rings. The molecule has 0 radical (unpaired) electrons. The van der Waals surface area contributed by atoms with E-state index in [1.54, 1.807) is 24.3 Å². The van der Waals surface area contributed by atoms with Gasteiger partial charge in [-0.1, -0.05) is 60.7 Å². The van der Waals surface area contributed by atoms with Gasteiger partial charge in [-0.3, -0.25) is 20.9 Å². The van der Waals surface area contributed by atoms with Crippen LogP contribution in [0, 0.1) is 12.3 Å². The molecule has 8 nitrogen and oxygen atoms in total. The van der Waals surface area contributed by atoms with E-state index in [2.05, 4.69) is 25.8 Å². The number of aryl methyl sites for hydroxylation is 1. The van der Waals surface area contributed by atoms with Crippen molar-refractivity contribution in [2.45, 2.75) is 13.5 Å². The average Bonchev–Trinajstić information content (AvgIpc) is 3.46. The smallest absolute Gasteiger partial charge is 0.280 e. The molecular weight excluding hydrogens is 456 g/mol. The van der Waals surface area contributed by atoms with Crippen molar-refractivity contribution in [3.8, 4) is 11.3 Å². The second-order valence-electron chi connectivity index (χ2n) is 6.85. The SMILES string of the molecule is Cc1sc(N/N=C(/C(=N)c2ccccc2)C(=O)Nc2nc(-c3ccccc3)cs2)nc1CO. The standard InChI is InChI=1S/C23H20N6O2S2/c1-14-17(12-30)25-23(33-14)29-28-20(19(24)16-10-6-3-7-11-16)21(31)27-22-26-18(13-32-22)15-8-4-2-5-9-15/h2-11,13,24,30H,12H2,1H3,(H,25,29)(H,26,27,31)/b24-19?,28-20-. The summed E-state index contributed by atoms with van der Waals surface area (Å²) in [6, 6.07) is 18.5. The molecule has 2 aromatic heterocycles. The Morgan fingerprint density at radius 1 is 1.06 bits per heavy atom. The molecule has 2 aromatic carbocycles. The predicted molar refractivity (Wildman–Crippen MR) is 133 cm³/mol. The number of aromatic nitrogens is 2. The molecule has 10 heteroatoms. The largest absolute Gasteiger partial charge is 0.390 e. The molecule has 0 aliphatic carbocycles. The Bertz CT molecular complexity index is 1300. The molecule has 2 heterocycles. The van der Waals surface area contributed by atoms with Crippen LogP contribution in [0.4, 0.5) is 10.3 Å². The molecule has 0 bridgehead atoms. The lowest BCUT2D eigenvalue weighted by Crippen LogP contribution is -2.31. The van der Waals surface area contributed by atoms with E-state index in [-0.39, 0.29) is 18.0 Å². The van der Waals surface area contributed by atoms with Gasteiger partial charge < -0.3 is 5.11 Å². The van der Waals surface area contributed by atoms with E-state index >= 15 is 0 Å². The van der Waals surface area contributed by atoms with E-state index < -0.39 is 5.91 Å². The monoisotopic (exact) mass is 476 g/mol. The number of aliphatic hydroxyl groups is 1. The first-order valence-corrected chi connectivity index (χ1v) is 11.6. The van der Waals surface area contributed by atoms with Gasteiger partial charge in [-0.05, 0) is 6.92 Å². The number of hydrazone groups is 1. The number of amides is 1. The summed E-state index contributed by atoms with van der Waals surface area (Å²) in [7, 11) is 0. The second-order valence-corrected chi connectivity index (χ2v) is 8.91. The number of thiazole rings is 2. The number of carbonyl (C=O) groups is 1. The van der Waals surface area contributed by atoms with Crippen LogP contribution in [0.1, 0.15) is 16.1 Å². The van der Waals surface area contributed by atoms with Crippen LogP contribution in [0.2, 0.25) is 0 Å². The molecule has 4 aromatic rings. The normalized spacial score (nSPS) is 11.3. The van der Waals surface area contributed by atoms with E-state index in [1.165, 1.54) is 22.7 Å². The minimum Gasteiger partial charge on any atom is -0.390 e. The Balaban J connectivity index is 1.59. The van der Waals surface area contributed by atoms with Crippen LogP contribution in [0.15, 0.2) is 71.1 Å². The van der Waals surface area contributed by atoms with Gasteiger partial charge >= 0.3 is 0 Å². The van der Waals surface area contributed by atoms with E-state index in [0.717, 1.165) is 16.1 Å². The maximum atomic E-state index is 13.1. The highest BCUT2D eigenvalue weighted by Gasteiger charge is 2.21. The van der Waals surface area contributed by atoms with Crippen LogP contribution < -0.4 is 10.7 Å². The number of nitrogens with one attached hydrogen (secondary N) is 3. The molecule has 166 valence electrons. The first-order valence-electron chi connectivity index (χ1n) is 9.92. The van der Waals surface area contributed by atoms with Crippen LogP contribution >= 0.6 is 22.7 Å². The zero-order chi connectivity index (χ0) is 23.2. The highest BCUT2D eigenvalue weighted by molar-refractivity contribution is 7.15. The predicted octanol–water partition coefficient (Wildman–Crippen LogP) is 4.54. The molecule has 0 atom stereocenters. The maximum absolute atomic E-state index is 13.1. The van der Waals surface area contributed by atoms with Crippen molar-refractivity contribution in [1.29, 1.82) is 5.41 Å². The summed E-state index contributed by atoms with van der Waals surface area (Å²) in [6.45, 7) is 1.65. The summed E-state index contributed by atoms with van der Waals surface area (Å²) in [5.74, 6) is -0.569. The van der Waals surface area contributed by atoms with Crippen molar-refractivity contribution in [2.75, 3.05) is 10.7 Å². The Morgan fingerprint density at radius 3 is 2.42 bits per heavy atom. The fourth-order valence-corrected chi connectivity index (χ4v) is 4.40. The maximum Gasteiger partial charge on any atom is 0.280 e. The molecule has 33 heavy (non-hydrogen) atoms. The number of hydrogen-bond donors (Lipinski definition) is 4. The van der Waals surface area contributed by atoms with Crippen molar-refractivity contribution >= 4 is 50.3 Å². The molecule has 0 spiro atoms. The molecule has 4 N–H and O–H groups in total. The van der Waals surface area contributed by atoms with Gasteiger partial charge in [0.25, 0.3) is 5.91 Å². The molecule has 1 amide bonds. The lowest BCUT2D eigenvalue weighted by atomic mass is 10.1. The van der Waals surface area contributed by atoms with Crippen molar-refractivity contribution in [3.05, 3.63) is 82.2 Å². The minimum absolute atomic E-state index is 0.0453. The van der Waals surface area contributed by atoms with Gasteiger partial charge in [-0.25, -0.2) is 9.97 Å². The van der Waals surface area contributed by atoms with Gasteiger partial charge in [0.1, 0.15) is 0 Å². The average molecular weight is 477 g/mol. The number of aliphatic hydroxyl groups excluding tert-OH is 1. The first kappa shape index (κ1) is 22.5. The third-order valence-electron chi connectivity index (χ3n) is 4.61. The van der Waals surface area contributed by atoms with Gasteiger partial charge in [0.05, 0.1) is 23.7 Å². The highest BCUT2D eigenvalue weighted by atomic mass is 32.1. The first-order chi connectivity index (χ1) is 16.0. The van der Waals surface area contributed by atoms with E-state index in [9.17, 15) is 9.90 Å². The third-order valence-corrected chi connectivity index (χ3v) is 6.29. The van der Waals surface area contributed by atoms with E-state index in [0.29, 0.717) is 21.5 Å². The summed E-state index contributed by atoms with van der Waals surface area (Å²) < 4.78 is 0. The summed E-state index contributed by atoms with van der Waals surface area (Å²) >= 11 is 2.60. The number of carbonyl (C=O) groups excluding carboxylic acids is 1. The van der Waals surface area contributed by atoms with Gasteiger partial charge in [0.2, 0.25) is 5.13 Å². The van der Waals surface area contributed by atoms with Crippen LogP contribution in [-0.4, -0.2) is 32.4 Å². The summed E-state index contributed by atoms with van der Waals surface area (Å²) in [4.78, 5) is 22.7. The van der Waals surface area contributed by atoms with Crippen molar-refractivity contribution in [2.24, 2.45) is 5.10 Å². The van der Waals surface area contributed by atoms with E-state index in [4.69, 9.17) is 5.41 Å². The van der Waals surface area contributed by atoms with Crippen LogP contribution in [0.5, 0.6) is 0 Å². The summed E-state index contributed by atoms with van der Waals surface area (Å²) in [5.41, 5.74) is 5.37. The van der Waals surface area contributed by atoms with Crippen LogP contribution in [0.25, 0.3) is 11.3 Å². The molecule has 0 saturated carbocycles. The quantitative estimate of drug-likeness (QED) is 0.220. The lowest BCUT2D eigenvalue weighted by Gasteiger charge is -2.08. The van der Waals surface area contributed by atoms with Crippen molar-refractivity contribution in [1.82, 2.24) is 9.97 Å². The van der Waals surface area contributed by atoms with Crippen molar-refractivity contribution in [3.63, 3.8) is 0 Å². The molecule has 0 aliphatic heterocycles. The number of anilines is 2. The lowest BCUT2D eigenvalue weighted by molar-refractivity contribution is -0.110. The Morgan fingerprint density at radius 2 is 1.76 bits per heavy atom. The minimum atomic E-state index is -0.569. The Labute approximate surface area is 198 Å². The third kappa shape index (κ3) is 5.37. The number of hydrogen-bond acceptors (Lipinski definition) is 9. The number of benzene rings is 2. The highest BCUT2D eigenvalue weighted by Crippen LogP contribution is 2.25. The fraction of sp³-hybridized carbons (Fsp3) is 0.0870. The van der Waals surface area contributed by atoms with Crippen molar-refractivity contribution < 1.29 is 9.90 Å². The van der Waals surface area contributed by atoms with Gasteiger partial charge in [-0.15, -0.1) is 22.7 Å². The van der Waals surface area contributed by atoms with Crippen LogP contribution in [-0.2, 0) is 11.4 Å². The molecule has 0 fully saturated rings. The fourth-order valence-electron chi connectivity index (χ4n) is 2.92. The topological polar surface area (TPSA) is 123 Å². The summed E-state index contributed by atoms with van der Waals surface area (Å²) in [6.07, 6.45) is 0. The Hall–Kier alpha value is -3.73. The van der Waals surface area contributed by atoms with E-state index in [1.807, 2.05) is 48.7 Å². The van der Waals surface area contributed by atoms with Gasteiger partial charge in [0.15, 0.2) is 10.8 Å².